The summed E-state index contributed by atoms with van der Waals surface area (Å²) in [6, 6.07) is 21.6. The third-order valence-corrected chi connectivity index (χ3v) is 4.63. The molecule has 0 aliphatic rings. The summed E-state index contributed by atoms with van der Waals surface area (Å²) in [6.45, 7) is -0.200. The number of hydrogen-bond donors (Lipinski definition) is 1. The van der Waals surface area contributed by atoms with Crippen LogP contribution in [0.25, 0.3) is 22.8 Å². The van der Waals surface area contributed by atoms with Crippen molar-refractivity contribution in [3.8, 4) is 40.1 Å². The lowest BCUT2D eigenvalue weighted by molar-refractivity contribution is -0.118. The predicted molar refractivity (Wildman–Crippen MR) is 119 cm³/mol. The first-order chi connectivity index (χ1) is 15.7. The van der Waals surface area contributed by atoms with Crippen LogP contribution in [0, 0.1) is 0 Å². The van der Waals surface area contributed by atoms with E-state index in [0.717, 1.165) is 11.3 Å². The maximum Gasteiger partial charge on any atom is 0.262 e. The fraction of sp³-hybridized carbons (Fsp3) is 0.125. The lowest BCUT2D eigenvalue weighted by Crippen LogP contribution is -2.20. The highest BCUT2D eigenvalue weighted by Crippen LogP contribution is 2.30. The summed E-state index contributed by atoms with van der Waals surface area (Å²) in [4.78, 5) is 16.9. The topological polar surface area (TPSA) is 95.7 Å². The number of amides is 1. The molecule has 162 valence electrons. The number of para-hydroxylation sites is 3. The van der Waals surface area contributed by atoms with Gasteiger partial charge in [0, 0.05) is 5.56 Å². The molecule has 0 aliphatic carbocycles. The van der Waals surface area contributed by atoms with Gasteiger partial charge < -0.3 is 24.1 Å². The van der Waals surface area contributed by atoms with E-state index in [1.165, 1.54) is 0 Å². The average Bonchev–Trinajstić information content (AvgIpc) is 3.33. The van der Waals surface area contributed by atoms with Gasteiger partial charge in [0.05, 0.1) is 25.5 Å². The largest absolute Gasteiger partial charge is 0.497 e. The second-order valence-corrected chi connectivity index (χ2v) is 6.68. The first kappa shape index (κ1) is 20.9. The van der Waals surface area contributed by atoms with Crippen LogP contribution < -0.4 is 19.5 Å². The number of carbonyl (C=O) groups excluding carboxylic acids is 1. The van der Waals surface area contributed by atoms with E-state index in [1.54, 1.807) is 44.6 Å². The van der Waals surface area contributed by atoms with Crippen molar-refractivity contribution in [2.45, 2.75) is 0 Å². The third kappa shape index (κ3) is 4.70. The first-order valence-electron chi connectivity index (χ1n) is 9.81. The standard InChI is InChI=1S/C24H21N3O5/c1-29-17-13-11-16(12-14-17)23-26-24(32-27-23)18-7-3-5-9-20(18)31-15-22(28)25-19-8-4-6-10-21(19)30-2/h3-14H,15H2,1-2H3,(H,25,28). The van der Waals surface area contributed by atoms with Crippen LogP contribution in [0.1, 0.15) is 0 Å². The van der Waals surface area contributed by atoms with Crippen LogP contribution >= 0.6 is 0 Å². The average molecular weight is 431 g/mol. The highest BCUT2D eigenvalue weighted by Gasteiger charge is 2.16. The smallest absolute Gasteiger partial charge is 0.262 e. The summed E-state index contributed by atoms with van der Waals surface area (Å²) in [5.41, 5.74) is 1.94. The Morgan fingerprint density at radius 3 is 2.38 bits per heavy atom. The monoisotopic (exact) mass is 431 g/mol. The molecule has 3 aromatic carbocycles. The van der Waals surface area contributed by atoms with E-state index in [2.05, 4.69) is 15.5 Å². The molecule has 0 unspecified atom stereocenters. The molecule has 32 heavy (non-hydrogen) atoms. The van der Waals surface area contributed by atoms with Crippen LogP contribution in [0.2, 0.25) is 0 Å². The number of hydrogen-bond acceptors (Lipinski definition) is 7. The summed E-state index contributed by atoms with van der Waals surface area (Å²) in [7, 11) is 3.15. The van der Waals surface area contributed by atoms with E-state index in [0.29, 0.717) is 28.6 Å². The molecule has 8 nitrogen and oxygen atoms in total. The van der Waals surface area contributed by atoms with Gasteiger partial charge in [-0.3, -0.25) is 4.79 Å². The molecule has 0 radical (unpaired) electrons. The fourth-order valence-electron chi connectivity index (χ4n) is 3.04. The minimum Gasteiger partial charge on any atom is -0.497 e. The second kappa shape index (κ2) is 9.65. The summed E-state index contributed by atoms with van der Waals surface area (Å²) in [5, 5.41) is 6.83. The number of benzene rings is 3. The van der Waals surface area contributed by atoms with Gasteiger partial charge in [-0.2, -0.15) is 4.98 Å². The number of nitrogens with one attached hydrogen (secondary N) is 1. The second-order valence-electron chi connectivity index (χ2n) is 6.68. The van der Waals surface area contributed by atoms with Crippen LogP contribution in [0.5, 0.6) is 17.2 Å². The number of methoxy groups -OCH3 is 2. The van der Waals surface area contributed by atoms with Crippen molar-refractivity contribution >= 4 is 11.6 Å². The van der Waals surface area contributed by atoms with E-state index < -0.39 is 0 Å². The molecule has 0 spiro atoms. The van der Waals surface area contributed by atoms with Gasteiger partial charge in [0.25, 0.3) is 11.8 Å². The molecule has 0 atom stereocenters. The summed E-state index contributed by atoms with van der Waals surface area (Å²) in [5.74, 6) is 2.16. The highest BCUT2D eigenvalue weighted by atomic mass is 16.5. The zero-order valence-electron chi connectivity index (χ0n) is 17.6. The van der Waals surface area contributed by atoms with Crippen molar-refractivity contribution in [3.05, 3.63) is 72.8 Å². The van der Waals surface area contributed by atoms with Crippen molar-refractivity contribution in [1.82, 2.24) is 10.1 Å². The zero-order valence-corrected chi connectivity index (χ0v) is 17.6. The molecule has 1 aromatic heterocycles. The number of rotatable bonds is 8. The predicted octanol–water partition coefficient (Wildman–Crippen LogP) is 4.44. The van der Waals surface area contributed by atoms with Gasteiger partial charge in [0.1, 0.15) is 17.2 Å². The zero-order chi connectivity index (χ0) is 22.3. The number of anilines is 1. The van der Waals surface area contributed by atoms with Crippen molar-refractivity contribution in [3.63, 3.8) is 0 Å². The molecule has 0 bridgehead atoms. The van der Waals surface area contributed by atoms with Crippen LogP contribution in [0.3, 0.4) is 0 Å². The molecule has 4 aromatic rings. The minimum absolute atomic E-state index is 0.200. The van der Waals surface area contributed by atoms with Gasteiger partial charge in [-0.25, -0.2) is 0 Å². The summed E-state index contributed by atoms with van der Waals surface area (Å²) in [6.07, 6.45) is 0. The molecule has 1 heterocycles. The van der Waals surface area contributed by atoms with Crippen molar-refractivity contribution < 1.29 is 23.5 Å². The van der Waals surface area contributed by atoms with Gasteiger partial charge in [0.2, 0.25) is 5.82 Å². The van der Waals surface area contributed by atoms with Gasteiger partial charge in [0.15, 0.2) is 6.61 Å². The van der Waals surface area contributed by atoms with Crippen molar-refractivity contribution in [2.24, 2.45) is 0 Å². The van der Waals surface area contributed by atoms with Crippen LogP contribution in [-0.4, -0.2) is 36.9 Å². The number of nitrogens with zero attached hydrogens (tertiary/aromatic N) is 2. The van der Waals surface area contributed by atoms with Crippen LogP contribution in [0.15, 0.2) is 77.3 Å². The number of ether oxygens (including phenoxy) is 3. The molecular formula is C24H21N3O5. The third-order valence-electron chi connectivity index (χ3n) is 4.63. The van der Waals surface area contributed by atoms with Gasteiger partial charge in [-0.05, 0) is 48.5 Å². The Balaban J connectivity index is 1.47. The van der Waals surface area contributed by atoms with E-state index in [4.69, 9.17) is 18.7 Å². The fourth-order valence-corrected chi connectivity index (χ4v) is 3.04. The van der Waals surface area contributed by atoms with Gasteiger partial charge in [-0.15, -0.1) is 0 Å². The minimum atomic E-state index is -0.325. The molecule has 0 saturated carbocycles. The van der Waals surface area contributed by atoms with Crippen molar-refractivity contribution in [2.75, 3.05) is 26.1 Å². The Labute approximate surface area is 184 Å². The Bertz CT molecular complexity index is 1200. The SMILES string of the molecule is COc1ccc(-c2noc(-c3ccccc3OCC(=O)Nc3ccccc3OC)n2)cc1. The van der Waals surface area contributed by atoms with E-state index in [1.807, 2.05) is 42.5 Å². The molecular weight excluding hydrogens is 410 g/mol. The number of aromatic nitrogens is 2. The van der Waals surface area contributed by atoms with Gasteiger partial charge >= 0.3 is 0 Å². The number of carbonyl (C=O) groups is 1. The lowest BCUT2D eigenvalue weighted by atomic mass is 10.2. The highest BCUT2D eigenvalue weighted by molar-refractivity contribution is 5.93. The Kier molecular flexibility index (Phi) is 6.31. The summed E-state index contributed by atoms with van der Waals surface area (Å²) >= 11 is 0. The van der Waals surface area contributed by atoms with Crippen molar-refractivity contribution in [1.29, 1.82) is 0 Å². The first-order valence-corrected chi connectivity index (χ1v) is 9.81. The van der Waals surface area contributed by atoms with Gasteiger partial charge in [-0.1, -0.05) is 29.4 Å². The van der Waals surface area contributed by atoms with Crippen LogP contribution in [0.4, 0.5) is 5.69 Å². The molecule has 4 rings (SSSR count). The molecule has 0 saturated heterocycles. The van der Waals surface area contributed by atoms with E-state index in [-0.39, 0.29) is 18.4 Å². The Morgan fingerprint density at radius 1 is 0.906 bits per heavy atom. The maximum absolute atomic E-state index is 12.4. The molecule has 8 heteroatoms. The quantitative estimate of drug-likeness (QED) is 0.441. The van der Waals surface area contributed by atoms with E-state index in [9.17, 15) is 4.79 Å². The van der Waals surface area contributed by atoms with Crippen LogP contribution in [-0.2, 0) is 4.79 Å². The lowest BCUT2D eigenvalue weighted by Gasteiger charge is -2.11. The molecule has 1 N–H and O–H groups in total. The van der Waals surface area contributed by atoms with E-state index >= 15 is 0 Å². The maximum atomic E-state index is 12.4. The molecule has 0 fully saturated rings. The molecule has 1 amide bonds. The summed E-state index contributed by atoms with van der Waals surface area (Å²) < 4.78 is 21.6. The Morgan fingerprint density at radius 2 is 1.62 bits per heavy atom. The Hall–Kier alpha value is -4.33. The normalized spacial score (nSPS) is 10.4. The molecule has 0 aliphatic heterocycles.